The van der Waals surface area contributed by atoms with Crippen molar-refractivity contribution in [2.45, 2.75) is 44.1 Å². The molecule has 4 aromatic heterocycles. The van der Waals surface area contributed by atoms with Crippen LogP contribution in [0.4, 0.5) is 5.82 Å². The number of amides is 1. The maximum atomic E-state index is 12.7. The Bertz CT molecular complexity index is 1470. The van der Waals surface area contributed by atoms with Gasteiger partial charge < -0.3 is 20.2 Å². The highest BCUT2D eigenvalue weighted by molar-refractivity contribution is 6.00. The number of ketones is 1. The average molecular weight is 534 g/mol. The Morgan fingerprint density at radius 2 is 2.03 bits per heavy atom. The molecule has 1 saturated carbocycles. The maximum Gasteiger partial charge on any atom is 0.275 e. The number of anilines is 1. The molecule has 4 aromatic rings. The van der Waals surface area contributed by atoms with Crippen LogP contribution in [0.15, 0.2) is 42.9 Å². The Morgan fingerprint density at radius 3 is 2.64 bits per heavy atom. The number of hydrogen-bond acceptors (Lipinski definition) is 9. The van der Waals surface area contributed by atoms with Gasteiger partial charge in [0.05, 0.1) is 42.1 Å². The second-order valence-corrected chi connectivity index (χ2v) is 9.67. The third-order valence-corrected chi connectivity index (χ3v) is 7.37. The second kappa shape index (κ2) is 10.9. The van der Waals surface area contributed by atoms with Crippen LogP contribution in [-0.2, 0) is 14.3 Å². The van der Waals surface area contributed by atoms with E-state index in [0.29, 0.717) is 49.2 Å². The monoisotopic (exact) mass is 533 g/mol. The Morgan fingerprint density at radius 1 is 1.23 bits per heavy atom. The van der Waals surface area contributed by atoms with Gasteiger partial charge in [-0.1, -0.05) is 6.07 Å². The van der Waals surface area contributed by atoms with Gasteiger partial charge in [-0.25, -0.2) is 10.5 Å². The number of Topliss-reactive ketones (excluding diaryl/α,β-unsaturated/α-hetero) is 1. The topological polar surface area (TPSA) is 170 Å². The summed E-state index contributed by atoms with van der Waals surface area (Å²) in [5, 5.41) is 13.8. The molecule has 1 fully saturated rings. The Hall–Kier alpha value is -4.13. The van der Waals surface area contributed by atoms with Crippen LogP contribution in [0.1, 0.15) is 54.6 Å². The van der Waals surface area contributed by atoms with Crippen LogP contribution in [-0.4, -0.2) is 67.4 Å². The Kier molecular flexibility index (Phi) is 7.42. The maximum absolute atomic E-state index is 12.7. The van der Waals surface area contributed by atoms with Crippen LogP contribution >= 0.6 is 0 Å². The largest absolute Gasteiger partial charge is 0.383 e. The van der Waals surface area contributed by atoms with Crippen molar-refractivity contribution < 1.29 is 24.3 Å². The van der Waals surface area contributed by atoms with Crippen molar-refractivity contribution in [1.29, 1.82) is 0 Å². The van der Waals surface area contributed by atoms with E-state index < -0.39 is 11.5 Å². The van der Waals surface area contributed by atoms with E-state index >= 15 is 0 Å². The highest BCUT2D eigenvalue weighted by atomic mass is 16.5. The SMILES string of the molecule is COCCO[C@]1(C(=O)NO)CC[C@H](c2nc3c(-c4ccc(-c5ccc[nH]5)nc4)cnn3c(N)c2C(C)=O)CC1. The van der Waals surface area contributed by atoms with Crippen LogP contribution < -0.4 is 11.2 Å². The molecular weight excluding hydrogens is 502 g/mol. The number of hydrogen-bond donors (Lipinski definition) is 4. The fourth-order valence-corrected chi connectivity index (χ4v) is 5.31. The van der Waals surface area contributed by atoms with Crippen LogP contribution in [0.3, 0.4) is 0 Å². The number of nitrogen functional groups attached to an aromatic ring is 1. The summed E-state index contributed by atoms with van der Waals surface area (Å²) in [6.07, 6.45) is 6.91. The van der Waals surface area contributed by atoms with Gasteiger partial charge in [0, 0.05) is 36.5 Å². The van der Waals surface area contributed by atoms with E-state index in [1.54, 1.807) is 25.0 Å². The molecule has 12 heteroatoms. The number of nitrogens with zero attached hydrogens (tertiary/aromatic N) is 4. The molecule has 0 aromatic carbocycles. The normalized spacial score (nSPS) is 19.3. The van der Waals surface area contributed by atoms with Crippen molar-refractivity contribution in [2.24, 2.45) is 0 Å². The molecule has 4 heterocycles. The molecule has 1 aliphatic rings. The number of carbonyl (C=O) groups is 2. The predicted molar refractivity (Wildman–Crippen MR) is 142 cm³/mol. The molecule has 5 rings (SSSR count). The minimum atomic E-state index is -1.19. The molecule has 39 heavy (non-hydrogen) atoms. The molecule has 0 saturated heterocycles. The van der Waals surface area contributed by atoms with E-state index in [9.17, 15) is 14.8 Å². The minimum Gasteiger partial charge on any atom is -0.383 e. The molecule has 12 nitrogen and oxygen atoms in total. The first-order valence-electron chi connectivity index (χ1n) is 12.7. The summed E-state index contributed by atoms with van der Waals surface area (Å²) in [4.78, 5) is 38.0. The number of ether oxygens (including phenoxy) is 2. The fourth-order valence-electron chi connectivity index (χ4n) is 5.31. The lowest BCUT2D eigenvalue weighted by Crippen LogP contribution is -2.50. The first-order valence-corrected chi connectivity index (χ1v) is 12.7. The van der Waals surface area contributed by atoms with E-state index in [-0.39, 0.29) is 24.1 Å². The fraction of sp³-hybridized carbons (Fsp3) is 0.370. The first-order chi connectivity index (χ1) is 18.9. The number of H-pyrrole nitrogens is 1. The number of nitrogens with two attached hydrogens (primary N) is 1. The van der Waals surface area contributed by atoms with Crippen molar-refractivity contribution in [3.63, 3.8) is 0 Å². The van der Waals surface area contributed by atoms with Gasteiger partial charge >= 0.3 is 0 Å². The van der Waals surface area contributed by atoms with Crippen LogP contribution in [0.5, 0.6) is 0 Å². The highest BCUT2D eigenvalue weighted by Crippen LogP contribution is 2.42. The standard InChI is InChI=1S/C27H31N7O5/c1-16(35)22-23(17-7-9-27(10-8-17,26(36)33-37)39-13-12-38-2)32-25-19(15-31-34(25)24(22)28)18-5-6-21(30-14-18)20-4-3-11-29-20/h3-6,11,14-15,17,29,37H,7-10,12-13,28H2,1-2H3,(H,33,36)/t17-,27+. The van der Waals surface area contributed by atoms with Gasteiger partial charge in [-0.05, 0) is 50.8 Å². The number of aromatic amines is 1. The second-order valence-electron chi connectivity index (χ2n) is 9.67. The van der Waals surface area contributed by atoms with Gasteiger partial charge in [-0.2, -0.15) is 9.61 Å². The summed E-state index contributed by atoms with van der Waals surface area (Å²) in [5.74, 6) is -0.753. The number of pyridine rings is 1. The van der Waals surface area contributed by atoms with Gasteiger partial charge in [0.25, 0.3) is 5.91 Å². The van der Waals surface area contributed by atoms with Crippen molar-refractivity contribution in [3.8, 4) is 22.5 Å². The lowest BCUT2D eigenvalue weighted by molar-refractivity contribution is -0.163. The summed E-state index contributed by atoms with van der Waals surface area (Å²) < 4.78 is 12.4. The van der Waals surface area contributed by atoms with Crippen LogP contribution in [0, 0.1) is 0 Å². The van der Waals surface area contributed by atoms with E-state index in [4.69, 9.17) is 20.2 Å². The Balaban J connectivity index is 1.50. The number of hydroxylamine groups is 1. The number of rotatable bonds is 9. The predicted octanol–water partition coefficient (Wildman–Crippen LogP) is 3.14. The third kappa shape index (κ3) is 4.89. The van der Waals surface area contributed by atoms with E-state index in [1.165, 1.54) is 11.4 Å². The number of fused-ring (bicyclic) bond motifs is 1. The number of methoxy groups -OCH3 is 1. The molecule has 0 spiro atoms. The zero-order valence-electron chi connectivity index (χ0n) is 21.8. The number of carbonyl (C=O) groups excluding carboxylic acids is 2. The molecule has 0 unspecified atom stereocenters. The van der Waals surface area contributed by atoms with Gasteiger partial charge in [0.1, 0.15) is 11.4 Å². The molecule has 0 radical (unpaired) electrons. The zero-order valence-corrected chi connectivity index (χ0v) is 21.8. The van der Waals surface area contributed by atoms with Gasteiger partial charge in [0.2, 0.25) is 0 Å². The average Bonchev–Trinajstić information content (AvgIpc) is 3.64. The molecule has 5 N–H and O–H groups in total. The molecule has 204 valence electrons. The van der Waals surface area contributed by atoms with Gasteiger partial charge in [-0.15, -0.1) is 0 Å². The minimum absolute atomic E-state index is 0.155. The molecule has 1 amide bonds. The zero-order chi connectivity index (χ0) is 27.6. The third-order valence-electron chi connectivity index (χ3n) is 7.37. The Labute approximate surface area is 224 Å². The lowest BCUT2D eigenvalue weighted by atomic mass is 9.76. The number of aromatic nitrogens is 5. The van der Waals surface area contributed by atoms with E-state index in [2.05, 4.69) is 15.1 Å². The van der Waals surface area contributed by atoms with Crippen LogP contribution in [0.2, 0.25) is 0 Å². The smallest absolute Gasteiger partial charge is 0.275 e. The summed E-state index contributed by atoms with van der Waals surface area (Å²) in [7, 11) is 1.55. The lowest BCUT2D eigenvalue weighted by Gasteiger charge is -2.38. The quantitative estimate of drug-likeness (QED) is 0.109. The summed E-state index contributed by atoms with van der Waals surface area (Å²) in [5.41, 5.74) is 11.7. The van der Waals surface area contributed by atoms with E-state index in [0.717, 1.165) is 22.5 Å². The molecule has 0 atom stereocenters. The van der Waals surface area contributed by atoms with Crippen molar-refractivity contribution >= 4 is 23.2 Å². The van der Waals surface area contributed by atoms with Crippen molar-refractivity contribution in [1.82, 2.24) is 30.0 Å². The molecule has 1 aliphatic carbocycles. The van der Waals surface area contributed by atoms with Gasteiger partial charge in [-0.3, -0.25) is 19.8 Å². The van der Waals surface area contributed by atoms with E-state index in [1.807, 2.05) is 30.5 Å². The summed E-state index contributed by atoms with van der Waals surface area (Å²) in [6, 6.07) is 7.71. The number of nitrogens with one attached hydrogen (secondary N) is 2. The van der Waals surface area contributed by atoms with Crippen LogP contribution in [0.25, 0.3) is 28.2 Å². The first kappa shape index (κ1) is 26.5. The van der Waals surface area contributed by atoms with Crippen molar-refractivity contribution in [2.75, 3.05) is 26.1 Å². The highest BCUT2D eigenvalue weighted by Gasteiger charge is 2.44. The summed E-state index contributed by atoms with van der Waals surface area (Å²) in [6.45, 7) is 1.98. The van der Waals surface area contributed by atoms with Crippen molar-refractivity contribution in [3.05, 3.63) is 54.1 Å². The molecular formula is C27H31N7O5. The molecule has 0 aliphatic heterocycles. The molecule has 0 bridgehead atoms. The van der Waals surface area contributed by atoms with Gasteiger partial charge in [0.15, 0.2) is 11.4 Å². The summed E-state index contributed by atoms with van der Waals surface area (Å²) >= 11 is 0.